The number of aryl methyl sites for hydroxylation is 1. The number of hydrogen-bond donors (Lipinski definition) is 0. The molecule has 0 aliphatic heterocycles. The van der Waals surface area contributed by atoms with Crippen molar-refractivity contribution in [3.63, 3.8) is 0 Å². The van der Waals surface area contributed by atoms with E-state index in [2.05, 4.69) is 0 Å². The highest BCUT2D eigenvalue weighted by Crippen LogP contribution is 2.22. The molecule has 2 rings (SSSR count). The number of nitro groups is 1. The van der Waals surface area contributed by atoms with Crippen molar-refractivity contribution in [2.45, 2.75) is 0 Å². The highest BCUT2D eigenvalue weighted by molar-refractivity contribution is 5.82. The fraction of sp³-hybridized carbons (Fsp3) is 0.167. The second kappa shape index (κ2) is 4.89. The molecule has 2 aromatic rings. The monoisotopic (exact) mass is 261 g/mol. The van der Waals surface area contributed by atoms with Crippen LogP contribution in [0.4, 0.5) is 5.69 Å². The first kappa shape index (κ1) is 12.7. The summed E-state index contributed by atoms with van der Waals surface area (Å²) in [5, 5.41) is 11.2. The fourth-order valence-electron chi connectivity index (χ4n) is 1.76. The zero-order valence-corrected chi connectivity index (χ0v) is 9.95. The van der Waals surface area contributed by atoms with Gasteiger partial charge in [0, 0.05) is 24.6 Å². The summed E-state index contributed by atoms with van der Waals surface area (Å²) in [6.07, 6.45) is 1.51. The number of nitrogens with zero attached hydrogens (tertiary/aromatic N) is 2. The smallest absolute Gasteiger partial charge is 0.293 e. The Balaban J connectivity index is 2.66. The van der Waals surface area contributed by atoms with Crippen LogP contribution in [0.5, 0.6) is 5.75 Å². The fourth-order valence-corrected chi connectivity index (χ4v) is 1.76. The van der Waals surface area contributed by atoms with E-state index in [9.17, 15) is 19.7 Å². The van der Waals surface area contributed by atoms with Gasteiger partial charge in [0.2, 0.25) is 6.29 Å². The number of non-ortho nitro benzene ring substituents is 1. The molecule has 1 aromatic heterocycles. The van der Waals surface area contributed by atoms with Crippen LogP contribution in [-0.4, -0.2) is 22.4 Å². The molecule has 0 unspecified atom stereocenters. The van der Waals surface area contributed by atoms with Crippen molar-refractivity contribution in [2.24, 2.45) is 7.05 Å². The molecular formula is C12H9N2O5. The predicted octanol–water partition coefficient (Wildman–Crippen LogP) is 0.935. The Morgan fingerprint density at radius 3 is 2.79 bits per heavy atom. The first-order valence-electron chi connectivity index (χ1n) is 5.30. The lowest BCUT2D eigenvalue weighted by molar-refractivity contribution is -0.384. The average molecular weight is 261 g/mol. The van der Waals surface area contributed by atoms with Gasteiger partial charge in [0.15, 0.2) is 12.4 Å². The van der Waals surface area contributed by atoms with Crippen LogP contribution in [0.1, 0.15) is 0 Å². The van der Waals surface area contributed by atoms with E-state index in [0.717, 1.165) is 0 Å². The minimum absolute atomic E-state index is 0.0427. The molecule has 1 heterocycles. The molecular weight excluding hydrogens is 252 g/mol. The summed E-state index contributed by atoms with van der Waals surface area (Å²) in [6, 6.07) is 5.53. The van der Waals surface area contributed by atoms with Crippen LogP contribution in [-0.2, 0) is 11.8 Å². The number of nitro benzene ring substituents is 1. The lowest BCUT2D eigenvalue weighted by Gasteiger charge is -2.08. The van der Waals surface area contributed by atoms with E-state index < -0.39 is 10.5 Å². The zero-order valence-electron chi connectivity index (χ0n) is 9.95. The summed E-state index contributed by atoms with van der Waals surface area (Å²) >= 11 is 0. The SMILES string of the molecule is Cn1c(=O)c(OC[C]=O)cc2cc([N+](=O)[O-])ccc21. The predicted molar refractivity (Wildman–Crippen MR) is 67.0 cm³/mol. The summed E-state index contributed by atoms with van der Waals surface area (Å²) in [4.78, 5) is 32.2. The number of ether oxygens (including phenoxy) is 1. The van der Waals surface area contributed by atoms with Gasteiger partial charge < -0.3 is 9.30 Å². The maximum absolute atomic E-state index is 11.9. The van der Waals surface area contributed by atoms with Crippen molar-refractivity contribution in [2.75, 3.05) is 6.61 Å². The van der Waals surface area contributed by atoms with Crippen molar-refractivity contribution in [3.05, 3.63) is 44.7 Å². The molecule has 7 heteroatoms. The topological polar surface area (TPSA) is 91.4 Å². The Morgan fingerprint density at radius 1 is 1.42 bits per heavy atom. The average Bonchev–Trinajstić information content (AvgIpc) is 2.40. The Bertz CT molecular complexity index is 720. The second-order valence-electron chi connectivity index (χ2n) is 3.81. The van der Waals surface area contributed by atoms with Crippen LogP contribution in [0.2, 0.25) is 0 Å². The van der Waals surface area contributed by atoms with E-state index in [1.165, 1.54) is 42.2 Å². The maximum Gasteiger partial charge on any atom is 0.293 e. The summed E-state index contributed by atoms with van der Waals surface area (Å²) < 4.78 is 6.25. The van der Waals surface area contributed by atoms with Gasteiger partial charge >= 0.3 is 0 Å². The van der Waals surface area contributed by atoms with Crippen LogP contribution >= 0.6 is 0 Å². The van der Waals surface area contributed by atoms with E-state index in [1.807, 2.05) is 0 Å². The Morgan fingerprint density at radius 2 is 2.16 bits per heavy atom. The van der Waals surface area contributed by atoms with Gasteiger partial charge in [-0.05, 0) is 12.1 Å². The normalized spacial score (nSPS) is 10.4. The molecule has 97 valence electrons. The zero-order chi connectivity index (χ0) is 14.0. The third kappa shape index (κ3) is 2.30. The molecule has 0 fully saturated rings. The molecule has 0 bridgehead atoms. The van der Waals surface area contributed by atoms with Crippen molar-refractivity contribution in [3.8, 4) is 5.75 Å². The van der Waals surface area contributed by atoms with Gasteiger partial charge in [0.25, 0.3) is 11.2 Å². The van der Waals surface area contributed by atoms with Gasteiger partial charge in [0.05, 0.1) is 10.4 Å². The van der Waals surface area contributed by atoms with Crippen molar-refractivity contribution < 1.29 is 14.5 Å². The van der Waals surface area contributed by atoms with E-state index in [4.69, 9.17) is 4.74 Å². The third-order valence-corrected chi connectivity index (χ3v) is 2.67. The quantitative estimate of drug-likeness (QED) is 0.603. The molecule has 1 aromatic carbocycles. The molecule has 1 radical (unpaired) electrons. The van der Waals surface area contributed by atoms with Gasteiger partial charge in [-0.15, -0.1) is 0 Å². The number of carbonyl (C=O) groups excluding carboxylic acids is 1. The summed E-state index contributed by atoms with van der Waals surface area (Å²) in [5.74, 6) is -0.0427. The van der Waals surface area contributed by atoms with Gasteiger partial charge in [-0.2, -0.15) is 0 Å². The molecule has 7 nitrogen and oxygen atoms in total. The molecule has 0 aliphatic rings. The lowest BCUT2D eigenvalue weighted by Crippen LogP contribution is -2.20. The standard InChI is InChI=1S/C12H9N2O5/c1-13-10-3-2-9(14(17)18)6-8(10)7-11(12(13)16)19-5-4-15/h2-3,6-7H,5H2,1H3. The maximum atomic E-state index is 11.9. The lowest BCUT2D eigenvalue weighted by atomic mass is 10.2. The molecule has 0 amide bonds. The molecule has 0 spiro atoms. The number of hydrogen-bond acceptors (Lipinski definition) is 5. The van der Waals surface area contributed by atoms with E-state index >= 15 is 0 Å². The highest BCUT2D eigenvalue weighted by atomic mass is 16.6. The number of pyridine rings is 1. The number of aromatic nitrogens is 1. The first-order chi connectivity index (χ1) is 9.04. The number of rotatable bonds is 4. The first-order valence-corrected chi connectivity index (χ1v) is 5.30. The van der Waals surface area contributed by atoms with Crippen LogP contribution in [0.25, 0.3) is 10.9 Å². The Hall–Kier alpha value is -2.70. The van der Waals surface area contributed by atoms with Gasteiger partial charge in [-0.3, -0.25) is 19.7 Å². The third-order valence-electron chi connectivity index (χ3n) is 2.67. The highest BCUT2D eigenvalue weighted by Gasteiger charge is 2.11. The van der Waals surface area contributed by atoms with E-state index in [-0.39, 0.29) is 18.0 Å². The summed E-state index contributed by atoms with van der Waals surface area (Å²) in [7, 11) is 1.52. The van der Waals surface area contributed by atoms with Crippen LogP contribution in [0.3, 0.4) is 0 Å². The second-order valence-corrected chi connectivity index (χ2v) is 3.81. The molecule has 0 N–H and O–H groups in total. The Kier molecular flexibility index (Phi) is 3.28. The van der Waals surface area contributed by atoms with Gasteiger partial charge in [0.1, 0.15) is 0 Å². The summed E-state index contributed by atoms with van der Waals surface area (Å²) in [5.41, 5.74) is 0.0358. The van der Waals surface area contributed by atoms with E-state index in [1.54, 1.807) is 0 Å². The molecule has 0 saturated heterocycles. The largest absolute Gasteiger partial charge is 0.479 e. The van der Waals surface area contributed by atoms with Gasteiger partial charge in [-0.25, -0.2) is 0 Å². The molecule has 0 saturated carbocycles. The van der Waals surface area contributed by atoms with Crippen LogP contribution in [0.15, 0.2) is 29.1 Å². The minimum atomic E-state index is -0.524. The molecule has 0 atom stereocenters. The molecule has 0 aliphatic carbocycles. The Labute approximate surface area is 107 Å². The van der Waals surface area contributed by atoms with Crippen LogP contribution < -0.4 is 10.3 Å². The number of fused-ring (bicyclic) bond motifs is 1. The number of benzene rings is 1. The van der Waals surface area contributed by atoms with Crippen molar-refractivity contribution >= 4 is 22.9 Å². The van der Waals surface area contributed by atoms with E-state index in [0.29, 0.717) is 10.9 Å². The van der Waals surface area contributed by atoms with Crippen molar-refractivity contribution in [1.82, 2.24) is 4.57 Å². The van der Waals surface area contributed by atoms with Gasteiger partial charge in [-0.1, -0.05) is 0 Å². The minimum Gasteiger partial charge on any atom is -0.479 e. The molecule has 19 heavy (non-hydrogen) atoms. The summed E-state index contributed by atoms with van der Waals surface area (Å²) in [6.45, 7) is -0.365. The van der Waals surface area contributed by atoms with Crippen molar-refractivity contribution in [1.29, 1.82) is 0 Å². The van der Waals surface area contributed by atoms with Crippen LogP contribution in [0, 0.1) is 10.1 Å².